The molecule has 0 unspecified atom stereocenters. The molecule has 0 aliphatic carbocycles. The van der Waals surface area contributed by atoms with Gasteiger partial charge in [0.15, 0.2) is 0 Å². The van der Waals surface area contributed by atoms with Crippen LogP contribution in [0.3, 0.4) is 0 Å². The van der Waals surface area contributed by atoms with Gasteiger partial charge in [0.05, 0.1) is 11.3 Å². The molecule has 2 rings (SSSR count). The van der Waals surface area contributed by atoms with Gasteiger partial charge in [0.25, 0.3) is 0 Å². The number of hydrogen-bond acceptors (Lipinski definition) is 3. The number of rotatable bonds is 5. The molecule has 4 heteroatoms. The van der Waals surface area contributed by atoms with E-state index in [1.54, 1.807) is 36.0 Å². The number of carbonyl (C=O) groups excluding carboxylic acids is 1. The fourth-order valence-corrected chi connectivity index (χ4v) is 2.92. The van der Waals surface area contributed by atoms with Gasteiger partial charge in [-0.25, -0.2) is 0 Å². The van der Waals surface area contributed by atoms with E-state index in [0.717, 1.165) is 0 Å². The molecule has 2 aromatic rings. The maximum Gasteiger partial charge on any atom is 0.225 e. The van der Waals surface area contributed by atoms with E-state index < -0.39 is 0 Å². The number of carbonyl (C=O) groups is 1. The molecule has 1 N–H and O–H groups in total. The van der Waals surface area contributed by atoms with E-state index >= 15 is 0 Å². The monoisotopic (exact) mass is 310 g/mol. The Kier molecular flexibility index (Phi) is 5.62. The Morgan fingerprint density at radius 3 is 2.68 bits per heavy atom. The fraction of sp³-hybridized carbons (Fsp3) is 0.222. The van der Waals surface area contributed by atoms with Crippen molar-refractivity contribution in [3.8, 4) is 6.07 Å². The minimum atomic E-state index is -0.0703. The molecule has 0 spiro atoms. The van der Waals surface area contributed by atoms with E-state index in [9.17, 15) is 4.79 Å². The van der Waals surface area contributed by atoms with Gasteiger partial charge in [0.2, 0.25) is 5.91 Å². The van der Waals surface area contributed by atoms with Crippen LogP contribution in [0, 0.1) is 25.2 Å². The second-order valence-electron chi connectivity index (χ2n) is 5.05. The molecule has 0 aliphatic heterocycles. The molecule has 0 aromatic heterocycles. The zero-order valence-corrected chi connectivity index (χ0v) is 13.5. The average molecular weight is 310 g/mol. The van der Waals surface area contributed by atoms with Crippen molar-refractivity contribution in [3.05, 3.63) is 59.2 Å². The highest BCUT2D eigenvalue weighted by Gasteiger charge is 2.06. The molecule has 0 aliphatic rings. The molecule has 0 saturated heterocycles. The zero-order chi connectivity index (χ0) is 15.9. The smallest absolute Gasteiger partial charge is 0.225 e. The van der Waals surface area contributed by atoms with Crippen molar-refractivity contribution in [2.75, 3.05) is 11.1 Å². The lowest BCUT2D eigenvalue weighted by Gasteiger charge is -2.07. The van der Waals surface area contributed by atoms with E-state index in [0.29, 0.717) is 23.4 Å². The highest BCUT2D eigenvalue weighted by atomic mass is 32.2. The molecule has 2 aromatic carbocycles. The minimum Gasteiger partial charge on any atom is -0.325 e. The van der Waals surface area contributed by atoms with Crippen molar-refractivity contribution >= 4 is 23.4 Å². The second-order valence-corrected chi connectivity index (χ2v) is 6.22. The first-order chi connectivity index (χ1) is 10.6. The third kappa shape index (κ3) is 4.37. The van der Waals surface area contributed by atoms with Crippen LogP contribution in [0.2, 0.25) is 0 Å². The number of aryl methyl sites for hydroxylation is 2. The molecule has 3 nitrogen and oxygen atoms in total. The Hall–Kier alpha value is -2.25. The molecule has 0 saturated carbocycles. The van der Waals surface area contributed by atoms with Crippen LogP contribution in [-0.4, -0.2) is 11.7 Å². The van der Waals surface area contributed by atoms with E-state index in [4.69, 9.17) is 5.26 Å². The van der Waals surface area contributed by atoms with Gasteiger partial charge in [-0.15, -0.1) is 11.8 Å². The number of para-hydroxylation sites is 1. The van der Waals surface area contributed by atoms with Crippen LogP contribution < -0.4 is 5.32 Å². The van der Waals surface area contributed by atoms with Crippen molar-refractivity contribution in [2.24, 2.45) is 0 Å². The van der Waals surface area contributed by atoms with Gasteiger partial charge in [0.1, 0.15) is 6.07 Å². The average Bonchev–Trinajstić information content (AvgIpc) is 2.51. The Morgan fingerprint density at radius 2 is 1.95 bits per heavy atom. The molecule has 0 bridgehead atoms. The van der Waals surface area contributed by atoms with Crippen LogP contribution in [0.1, 0.15) is 23.1 Å². The standard InChI is InChI=1S/C18H18N2OS/c1-13-7-8-16(11-14(13)2)22-10-9-18(21)20-17-6-4-3-5-15(17)12-19/h3-8,11H,9-10H2,1-2H3,(H,20,21). The summed E-state index contributed by atoms with van der Waals surface area (Å²) in [6, 6.07) is 15.4. The number of nitrogens with zero attached hydrogens (tertiary/aromatic N) is 1. The maximum absolute atomic E-state index is 12.0. The molecule has 112 valence electrons. The SMILES string of the molecule is Cc1ccc(SCCC(=O)Nc2ccccc2C#N)cc1C. The molecule has 0 fully saturated rings. The van der Waals surface area contributed by atoms with Gasteiger partial charge in [-0.3, -0.25) is 4.79 Å². The number of thioether (sulfide) groups is 1. The van der Waals surface area contributed by atoms with Gasteiger partial charge in [-0.2, -0.15) is 5.26 Å². The third-order valence-corrected chi connectivity index (χ3v) is 4.39. The summed E-state index contributed by atoms with van der Waals surface area (Å²) in [5.41, 5.74) is 3.59. The maximum atomic E-state index is 12.0. The summed E-state index contributed by atoms with van der Waals surface area (Å²) >= 11 is 1.67. The summed E-state index contributed by atoms with van der Waals surface area (Å²) in [4.78, 5) is 13.1. The highest BCUT2D eigenvalue weighted by Crippen LogP contribution is 2.22. The predicted molar refractivity (Wildman–Crippen MR) is 91.0 cm³/mol. The predicted octanol–water partition coefficient (Wildman–Crippen LogP) is 4.30. The molecular weight excluding hydrogens is 292 g/mol. The Balaban J connectivity index is 1.85. The van der Waals surface area contributed by atoms with Crippen LogP contribution in [0.25, 0.3) is 0 Å². The lowest BCUT2D eigenvalue weighted by atomic mass is 10.1. The molecule has 0 heterocycles. The number of nitrogens with one attached hydrogen (secondary N) is 1. The van der Waals surface area contributed by atoms with Crippen LogP contribution >= 0.6 is 11.8 Å². The third-order valence-electron chi connectivity index (χ3n) is 3.40. The van der Waals surface area contributed by atoms with Crippen molar-refractivity contribution < 1.29 is 4.79 Å². The number of nitriles is 1. The number of anilines is 1. The molecule has 0 radical (unpaired) electrons. The topological polar surface area (TPSA) is 52.9 Å². The molecule has 22 heavy (non-hydrogen) atoms. The van der Waals surface area contributed by atoms with Gasteiger partial charge in [-0.1, -0.05) is 18.2 Å². The van der Waals surface area contributed by atoms with Crippen molar-refractivity contribution in [3.63, 3.8) is 0 Å². The normalized spacial score (nSPS) is 10.0. The Labute approximate surface area is 135 Å². The molecular formula is C18H18N2OS. The number of hydrogen-bond donors (Lipinski definition) is 1. The summed E-state index contributed by atoms with van der Waals surface area (Å²) in [5, 5.41) is 11.8. The summed E-state index contributed by atoms with van der Waals surface area (Å²) in [5.74, 6) is 0.641. The van der Waals surface area contributed by atoms with E-state index in [2.05, 4.69) is 43.4 Å². The van der Waals surface area contributed by atoms with Gasteiger partial charge in [0, 0.05) is 17.1 Å². The van der Waals surface area contributed by atoms with Crippen LogP contribution in [0.15, 0.2) is 47.4 Å². The van der Waals surface area contributed by atoms with Crippen molar-refractivity contribution in [1.29, 1.82) is 5.26 Å². The van der Waals surface area contributed by atoms with Gasteiger partial charge >= 0.3 is 0 Å². The Morgan fingerprint density at radius 1 is 1.18 bits per heavy atom. The van der Waals surface area contributed by atoms with Crippen LogP contribution in [0.4, 0.5) is 5.69 Å². The van der Waals surface area contributed by atoms with Crippen LogP contribution in [-0.2, 0) is 4.79 Å². The lowest BCUT2D eigenvalue weighted by Crippen LogP contribution is -2.13. The fourth-order valence-electron chi connectivity index (χ4n) is 1.97. The lowest BCUT2D eigenvalue weighted by molar-refractivity contribution is -0.115. The number of amides is 1. The van der Waals surface area contributed by atoms with E-state index in [1.165, 1.54) is 16.0 Å². The summed E-state index contributed by atoms with van der Waals surface area (Å²) in [7, 11) is 0. The first-order valence-electron chi connectivity index (χ1n) is 7.09. The van der Waals surface area contributed by atoms with E-state index in [1.807, 2.05) is 0 Å². The minimum absolute atomic E-state index is 0.0703. The van der Waals surface area contributed by atoms with Gasteiger partial charge in [-0.05, 0) is 49.2 Å². The summed E-state index contributed by atoms with van der Waals surface area (Å²) in [6.45, 7) is 4.18. The van der Waals surface area contributed by atoms with Crippen LogP contribution in [0.5, 0.6) is 0 Å². The van der Waals surface area contributed by atoms with Crippen molar-refractivity contribution in [2.45, 2.75) is 25.2 Å². The zero-order valence-electron chi connectivity index (χ0n) is 12.7. The Bertz CT molecular complexity index is 719. The largest absolute Gasteiger partial charge is 0.325 e. The van der Waals surface area contributed by atoms with Gasteiger partial charge < -0.3 is 5.32 Å². The van der Waals surface area contributed by atoms with Crippen molar-refractivity contribution in [1.82, 2.24) is 0 Å². The first-order valence-corrected chi connectivity index (χ1v) is 8.08. The summed E-state index contributed by atoms with van der Waals surface area (Å²) < 4.78 is 0. The van der Waals surface area contributed by atoms with E-state index in [-0.39, 0.29) is 5.91 Å². The second kappa shape index (κ2) is 7.67. The quantitative estimate of drug-likeness (QED) is 0.838. The molecule has 0 atom stereocenters. The summed E-state index contributed by atoms with van der Waals surface area (Å²) in [6.07, 6.45) is 0.414. The highest BCUT2D eigenvalue weighted by molar-refractivity contribution is 7.99. The molecule has 1 amide bonds. The number of benzene rings is 2. The first kappa shape index (κ1) is 16.1.